The summed E-state index contributed by atoms with van der Waals surface area (Å²) in [7, 11) is 3.20. The number of benzene rings is 1. The Hall–Kier alpha value is -1.63. The molecule has 1 aromatic carbocycles. The third-order valence-electron chi connectivity index (χ3n) is 2.77. The number of nitrogens with zero attached hydrogens (tertiary/aromatic N) is 1. The maximum absolute atomic E-state index is 11.9. The molecular weight excluding hydrogens is 260 g/mol. The summed E-state index contributed by atoms with van der Waals surface area (Å²) in [4.78, 5) is 13.7. The third-order valence-corrected chi connectivity index (χ3v) is 2.77. The van der Waals surface area contributed by atoms with E-state index in [1.54, 1.807) is 38.5 Å². The lowest BCUT2D eigenvalue weighted by Gasteiger charge is -2.20. The minimum Gasteiger partial charge on any atom is -0.497 e. The molecule has 0 aromatic heterocycles. The van der Waals surface area contributed by atoms with Crippen molar-refractivity contribution in [2.75, 3.05) is 52.4 Å². The summed E-state index contributed by atoms with van der Waals surface area (Å²) in [5.41, 5.74) is 0.714. The quantitative estimate of drug-likeness (QED) is 0.693. The summed E-state index contributed by atoms with van der Waals surface area (Å²) in [6.07, 6.45) is 0. The van der Waals surface area contributed by atoms with Gasteiger partial charge < -0.3 is 19.9 Å². The van der Waals surface area contributed by atoms with E-state index in [-0.39, 0.29) is 19.1 Å². The van der Waals surface area contributed by atoms with Crippen LogP contribution in [0.3, 0.4) is 0 Å². The van der Waals surface area contributed by atoms with Gasteiger partial charge in [-0.05, 0) is 24.3 Å². The van der Waals surface area contributed by atoms with E-state index in [0.29, 0.717) is 25.4 Å². The zero-order valence-corrected chi connectivity index (χ0v) is 12.0. The molecular formula is C14H22N2O4. The molecule has 6 nitrogen and oxygen atoms in total. The van der Waals surface area contributed by atoms with Gasteiger partial charge in [-0.1, -0.05) is 0 Å². The normalized spacial score (nSPS) is 10.6. The van der Waals surface area contributed by atoms with Crippen LogP contribution < -0.4 is 10.1 Å². The number of amides is 1. The average molecular weight is 282 g/mol. The molecule has 0 unspecified atom stereocenters. The van der Waals surface area contributed by atoms with Crippen LogP contribution in [0.1, 0.15) is 0 Å². The molecule has 0 aliphatic rings. The molecule has 0 aliphatic carbocycles. The maximum Gasteiger partial charge on any atom is 0.238 e. The highest BCUT2D eigenvalue weighted by atomic mass is 16.5. The van der Waals surface area contributed by atoms with Gasteiger partial charge in [0.1, 0.15) is 5.75 Å². The van der Waals surface area contributed by atoms with Gasteiger partial charge in [0.05, 0.1) is 26.9 Å². The molecule has 112 valence electrons. The van der Waals surface area contributed by atoms with Gasteiger partial charge in [-0.25, -0.2) is 0 Å². The summed E-state index contributed by atoms with van der Waals surface area (Å²) >= 11 is 0. The summed E-state index contributed by atoms with van der Waals surface area (Å²) in [6.45, 7) is 1.80. The monoisotopic (exact) mass is 282 g/mol. The van der Waals surface area contributed by atoms with Gasteiger partial charge in [0, 0.05) is 25.9 Å². The fraction of sp³-hybridized carbons (Fsp3) is 0.500. The topological polar surface area (TPSA) is 71.0 Å². The van der Waals surface area contributed by atoms with Gasteiger partial charge in [-0.3, -0.25) is 9.69 Å². The van der Waals surface area contributed by atoms with E-state index < -0.39 is 0 Å². The molecule has 0 saturated carbocycles. The van der Waals surface area contributed by atoms with Crippen molar-refractivity contribution in [1.29, 1.82) is 0 Å². The van der Waals surface area contributed by atoms with Crippen LogP contribution in [0.2, 0.25) is 0 Å². The van der Waals surface area contributed by atoms with Crippen molar-refractivity contribution in [3.05, 3.63) is 24.3 Å². The summed E-state index contributed by atoms with van der Waals surface area (Å²) < 4.78 is 10.0. The molecule has 0 spiro atoms. The van der Waals surface area contributed by atoms with Gasteiger partial charge in [0.2, 0.25) is 5.91 Å². The summed E-state index contributed by atoms with van der Waals surface area (Å²) in [6, 6.07) is 7.13. The molecule has 0 bridgehead atoms. The van der Waals surface area contributed by atoms with Crippen LogP contribution in [0, 0.1) is 0 Å². The van der Waals surface area contributed by atoms with E-state index in [2.05, 4.69) is 5.32 Å². The Kier molecular flexibility index (Phi) is 7.64. The van der Waals surface area contributed by atoms with Crippen molar-refractivity contribution < 1.29 is 19.4 Å². The first-order chi connectivity index (χ1) is 9.69. The van der Waals surface area contributed by atoms with Crippen molar-refractivity contribution in [1.82, 2.24) is 4.90 Å². The highest BCUT2D eigenvalue weighted by molar-refractivity contribution is 5.92. The minimum absolute atomic E-state index is 0.0134. The first-order valence-corrected chi connectivity index (χ1v) is 6.45. The van der Waals surface area contributed by atoms with Crippen LogP contribution in [0.4, 0.5) is 5.69 Å². The van der Waals surface area contributed by atoms with Gasteiger partial charge in [-0.2, -0.15) is 0 Å². The Bertz CT molecular complexity index is 395. The second kappa shape index (κ2) is 9.30. The fourth-order valence-corrected chi connectivity index (χ4v) is 1.71. The Balaban J connectivity index is 2.46. The number of methoxy groups -OCH3 is 2. The van der Waals surface area contributed by atoms with Crippen LogP contribution in [-0.2, 0) is 9.53 Å². The van der Waals surface area contributed by atoms with Gasteiger partial charge in [0.15, 0.2) is 0 Å². The lowest BCUT2D eigenvalue weighted by molar-refractivity contribution is -0.117. The number of hydrogen-bond acceptors (Lipinski definition) is 5. The number of hydrogen-bond donors (Lipinski definition) is 2. The number of aliphatic hydroxyl groups excluding tert-OH is 1. The second-order valence-corrected chi connectivity index (χ2v) is 4.27. The van der Waals surface area contributed by atoms with E-state index in [4.69, 9.17) is 14.6 Å². The lowest BCUT2D eigenvalue weighted by Crippen LogP contribution is -2.37. The summed E-state index contributed by atoms with van der Waals surface area (Å²) in [5.74, 6) is 0.615. The van der Waals surface area contributed by atoms with E-state index in [0.717, 1.165) is 5.75 Å². The van der Waals surface area contributed by atoms with Crippen LogP contribution in [-0.4, -0.2) is 63.0 Å². The molecule has 1 aromatic rings. The number of carbonyl (C=O) groups is 1. The molecule has 20 heavy (non-hydrogen) atoms. The Labute approximate surface area is 119 Å². The maximum atomic E-state index is 11.9. The van der Waals surface area contributed by atoms with Crippen LogP contribution in [0.15, 0.2) is 24.3 Å². The Morgan fingerprint density at radius 2 is 1.95 bits per heavy atom. The number of aliphatic hydroxyl groups is 1. The molecule has 1 rings (SSSR count). The zero-order chi connectivity index (χ0) is 14.8. The van der Waals surface area contributed by atoms with E-state index in [1.165, 1.54) is 0 Å². The predicted octanol–water partition coefficient (Wildman–Crippen LogP) is 0.574. The number of carbonyl (C=O) groups excluding carboxylic acids is 1. The van der Waals surface area contributed by atoms with E-state index in [1.807, 2.05) is 4.90 Å². The van der Waals surface area contributed by atoms with Gasteiger partial charge in [-0.15, -0.1) is 0 Å². The Morgan fingerprint density at radius 3 is 2.50 bits per heavy atom. The highest BCUT2D eigenvalue weighted by Gasteiger charge is 2.10. The summed E-state index contributed by atoms with van der Waals surface area (Å²) in [5, 5.41) is 11.8. The first-order valence-electron chi connectivity index (χ1n) is 6.45. The van der Waals surface area contributed by atoms with Gasteiger partial charge in [0.25, 0.3) is 0 Å². The highest BCUT2D eigenvalue weighted by Crippen LogP contribution is 2.14. The number of ether oxygens (including phenoxy) is 2. The Morgan fingerprint density at radius 1 is 1.25 bits per heavy atom. The van der Waals surface area contributed by atoms with Crippen molar-refractivity contribution >= 4 is 11.6 Å². The zero-order valence-electron chi connectivity index (χ0n) is 12.0. The van der Waals surface area contributed by atoms with Crippen molar-refractivity contribution in [3.8, 4) is 5.75 Å². The smallest absolute Gasteiger partial charge is 0.238 e. The second-order valence-electron chi connectivity index (χ2n) is 4.27. The van der Waals surface area contributed by atoms with Crippen molar-refractivity contribution in [2.45, 2.75) is 0 Å². The van der Waals surface area contributed by atoms with Crippen molar-refractivity contribution in [2.24, 2.45) is 0 Å². The van der Waals surface area contributed by atoms with Gasteiger partial charge >= 0.3 is 0 Å². The van der Waals surface area contributed by atoms with Crippen LogP contribution >= 0.6 is 0 Å². The fourth-order valence-electron chi connectivity index (χ4n) is 1.71. The lowest BCUT2D eigenvalue weighted by atomic mass is 10.3. The largest absolute Gasteiger partial charge is 0.497 e. The molecule has 1 amide bonds. The number of anilines is 1. The van der Waals surface area contributed by atoms with Crippen LogP contribution in [0.5, 0.6) is 5.75 Å². The molecule has 0 saturated heterocycles. The molecule has 0 fully saturated rings. The standard InChI is InChI=1S/C14H22N2O4/c1-19-10-8-16(7-9-17)11-14(18)15-12-3-5-13(20-2)6-4-12/h3-6,17H,7-11H2,1-2H3,(H,15,18). The average Bonchev–Trinajstić information content (AvgIpc) is 2.45. The predicted molar refractivity (Wildman–Crippen MR) is 77.0 cm³/mol. The molecule has 0 atom stereocenters. The van der Waals surface area contributed by atoms with Crippen LogP contribution in [0.25, 0.3) is 0 Å². The van der Waals surface area contributed by atoms with E-state index in [9.17, 15) is 4.79 Å². The minimum atomic E-state index is -0.125. The number of rotatable bonds is 9. The SMILES string of the molecule is COCCN(CCO)CC(=O)Nc1ccc(OC)cc1. The molecule has 6 heteroatoms. The molecule has 0 aliphatic heterocycles. The molecule has 0 radical (unpaired) electrons. The van der Waals surface area contributed by atoms with Crippen molar-refractivity contribution in [3.63, 3.8) is 0 Å². The molecule has 2 N–H and O–H groups in total. The first kappa shape index (κ1) is 16.4. The molecule has 0 heterocycles. The van der Waals surface area contributed by atoms with E-state index >= 15 is 0 Å². The number of nitrogens with one attached hydrogen (secondary N) is 1. The third kappa shape index (κ3) is 6.01.